The number of halogens is 2. The van der Waals surface area contributed by atoms with Gasteiger partial charge in [0, 0.05) is 16.2 Å². The maximum absolute atomic E-state index is 11.7. The van der Waals surface area contributed by atoms with Crippen LogP contribution in [0.5, 0.6) is 11.8 Å². The van der Waals surface area contributed by atoms with E-state index < -0.39 is 5.97 Å². The Morgan fingerprint density at radius 3 is 2.80 bits per heavy atom. The summed E-state index contributed by atoms with van der Waals surface area (Å²) in [4.78, 5) is 19.9. The second kappa shape index (κ2) is 7.13. The normalized spacial score (nSPS) is 10.7. The summed E-state index contributed by atoms with van der Waals surface area (Å²) in [6, 6.07) is 8.55. The molecule has 2 heterocycles. The van der Waals surface area contributed by atoms with Crippen molar-refractivity contribution in [1.29, 1.82) is 0 Å². The van der Waals surface area contributed by atoms with Gasteiger partial charge in [0.05, 0.1) is 18.4 Å². The Bertz CT molecular complexity index is 926. The highest BCUT2D eigenvalue weighted by Crippen LogP contribution is 2.28. The van der Waals surface area contributed by atoms with Gasteiger partial charge in [-0.25, -0.2) is 4.79 Å². The van der Waals surface area contributed by atoms with Crippen molar-refractivity contribution in [1.82, 2.24) is 14.5 Å². The van der Waals surface area contributed by atoms with E-state index in [4.69, 9.17) is 27.9 Å². The molecule has 0 spiro atoms. The third-order valence-electron chi connectivity index (χ3n) is 3.49. The number of pyridine rings is 1. The second-order valence-corrected chi connectivity index (χ2v) is 6.09. The number of nitrogens with zero attached hydrogens (tertiary/aromatic N) is 3. The van der Waals surface area contributed by atoms with Gasteiger partial charge >= 0.3 is 12.0 Å². The number of rotatable bonds is 5. The first-order chi connectivity index (χ1) is 12.0. The minimum absolute atomic E-state index is 0.0231. The minimum Gasteiger partial charge on any atom is -0.477 e. The summed E-state index contributed by atoms with van der Waals surface area (Å²) in [5, 5.41) is 10.5. The van der Waals surface area contributed by atoms with Crippen molar-refractivity contribution in [2.45, 2.75) is 13.5 Å². The van der Waals surface area contributed by atoms with Gasteiger partial charge in [-0.05, 0) is 42.8 Å². The van der Waals surface area contributed by atoms with Crippen molar-refractivity contribution in [2.75, 3.05) is 0 Å². The number of benzene rings is 1. The molecule has 0 aliphatic heterocycles. The second-order valence-electron chi connectivity index (χ2n) is 5.25. The number of hydrogen-bond acceptors (Lipinski definition) is 4. The van der Waals surface area contributed by atoms with E-state index in [9.17, 15) is 9.90 Å². The Balaban J connectivity index is 2.06. The van der Waals surface area contributed by atoms with E-state index in [0.717, 1.165) is 0 Å². The molecule has 128 valence electrons. The number of ether oxygens (including phenoxy) is 1. The summed E-state index contributed by atoms with van der Waals surface area (Å²) in [6.07, 6.45) is 3.13. The average Bonchev–Trinajstić information content (AvgIpc) is 2.87. The van der Waals surface area contributed by atoms with Crippen LogP contribution < -0.4 is 4.74 Å². The van der Waals surface area contributed by atoms with Crippen LogP contribution in [0, 0.1) is 6.92 Å². The number of carboxylic acids is 1. The Hall–Kier alpha value is -2.57. The maximum Gasteiger partial charge on any atom is 0.354 e. The van der Waals surface area contributed by atoms with Crippen LogP contribution in [0.4, 0.5) is 0 Å². The van der Waals surface area contributed by atoms with Crippen LogP contribution in [-0.4, -0.2) is 25.6 Å². The molecule has 8 heteroatoms. The molecule has 25 heavy (non-hydrogen) atoms. The van der Waals surface area contributed by atoms with Crippen LogP contribution in [0.3, 0.4) is 0 Å². The molecule has 0 unspecified atom stereocenters. The highest BCUT2D eigenvalue weighted by molar-refractivity contribution is 6.33. The van der Waals surface area contributed by atoms with E-state index in [1.165, 1.54) is 10.8 Å². The summed E-state index contributed by atoms with van der Waals surface area (Å²) in [7, 11) is 0. The number of hydrogen-bond donors (Lipinski definition) is 1. The van der Waals surface area contributed by atoms with Gasteiger partial charge in [0.15, 0.2) is 5.69 Å². The van der Waals surface area contributed by atoms with E-state index in [1.807, 2.05) is 0 Å². The van der Waals surface area contributed by atoms with Crippen molar-refractivity contribution in [3.05, 3.63) is 69.7 Å². The zero-order valence-electron chi connectivity index (χ0n) is 13.1. The number of aryl methyl sites for hydroxylation is 1. The number of aromatic nitrogens is 3. The van der Waals surface area contributed by atoms with Crippen molar-refractivity contribution < 1.29 is 14.6 Å². The molecule has 0 bridgehead atoms. The van der Waals surface area contributed by atoms with Crippen molar-refractivity contribution in [3.8, 4) is 11.8 Å². The van der Waals surface area contributed by atoms with Gasteiger partial charge in [-0.2, -0.15) is 4.98 Å². The van der Waals surface area contributed by atoms with Crippen LogP contribution in [0.15, 0.2) is 42.7 Å². The van der Waals surface area contributed by atoms with Crippen LogP contribution >= 0.6 is 23.2 Å². The number of imidazole rings is 1. The Labute approximate surface area is 153 Å². The first-order valence-electron chi connectivity index (χ1n) is 7.28. The Morgan fingerprint density at radius 2 is 2.12 bits per heavy atom. The molecule has 3 aromatic rings. The lowest BCUT2D eigenvalue weighted by Crippen LogP contribution is -2.12. The van der Waals surface area contributed by atoms with Crippen LogP contribution in [0.2, 0.25) is 10.0 Å². The highest BCUT2D eigenvalue weighted by Gasteiger charge is 2.22. The molecular formula is C17H13Cl2N3O3. The molecule has 0 radical (unpaired) electrons. The van der Waals surface area contributed by atoms with Gasteiger partial charge < -0.3 is 9.84 Å². The largest absolute Gasteiger partial charge is 0.477 e. The molecule has 1 N–H and O–H groups in total. The average molecular weight is 378 g/mol. The molecule has 3 rings (SSSR count). The number of carbonyl (C=O) groups is 1. The lowest BCUT2D eigenvalue weighted by Gasteiger charge is -2.12. The van der Waals surface area contributed by atoms with Crippen molar-refractivity contribution in [2.24, 2.45) is 0 Å². The lowest BCUT2D eigenvalue weighted by molar-refractivity contribution is 0.0683. The van der Waals surface area contributed by atoms with Gasteiger partial charge in [-0.1, -0.05) is 23.2 Å². The molecule has 0 saturated heterocycles. The predicted octanol–water partition coefficient (Wildman–Crippen LogP) is 4.43. The summed E-state index contributed by atoms with van der Waals surface area (Å²) in [6.45, 7) is 1.76. The summed E-state index contributed by atoms with van der Waals surface area (Å²) >= 11 is 12.2. The third kappa shape index (κ3) is 3.75. The van der Waals surface area contributed by atoms with Crippen LogP contribution in [0.1, 0.15) is 21.7 Å². The number of carboxylic acid groups (broad SMARTS) is 1. The fourth-order valence-electron chi connectivity index (χ4n) is 2.39. The Morgan fingerprint density at radius 1 is 1.32 bits per heavy atom. The number of aromatic carboxylic acids is 1. The van der Waals surface area contributed by atoms with E-state index in [2.05, 4.69) is 9.97 Å². The lowest BCUT2D eigenvalue weighted by atomic mass is 10.2. The van der Waals surface area contributed by atoms with Gasteiger partial charge in [0.25, 0.3) is 0 Å². The van der Waals surface area contributed by atoms with Gasteiger partial charge in [-0.3, -0.25) is 9.55 Å². The molecule has 6 nitrogen and oxygen atoms in total. The zero-order valence-corrected chi connectivity index (χ0v) is 14.6. The molecule has 0 fully saturated rings. The molecule has 0 aliphatic rings. The Kier molecular flexibility index (Phi) is 4.92. The zero-order chi connectivity index (χ0) is 18.0. The molecular weight excluding hydrogens is 365 g/mol. The molecule has 0 saturated carbocycles. The monoisotopic (exact) mass is 377 g/mol. The SMILES string of the molecule is Cc1nc(Oc2cccnc2)n(Cc2cc(Cl)ccc2Cl)c1C(=O)O. The molecule has 0 atom stereocenters. The predicted molar refractivity (Wildman–Crippen MR) is 93.8 cm³/mol. The highest BCUT2D eigenvalue weighted by atomic mass is 35.5. The van der Waals surface area contributed by atoms with E-state index in [0.29, 0.717) is 27.1 Å². The summed E-state index contributed by atoms with van der Waals surface area (Å²) in [5.74, 6) is -0.660. The molecule has 0 amide bonds. The van der Waals surface area contributed by atoms with Crippen LogP contribution in [-0.2, 0) is 6.54 Å². The standard InChI is InChI=1S/C17H13Cl2N3O3/c1-10-15(16(23)24)22(9-11-7-12(18)4-5-14(11)19)17(21-10)25-13-3-2-6-20-8-13/h2-8H,9H2,1H3,(H,23,24). The quantitative estimate of drug-likeness (QED) is 0.711. The van der Waals surface area contributed by atoms with E-state index in [1.54, 1.807) is 43.5 Å². The van der Waals surface area contributed by atoms with Gasteiger partial charge in [-0.15, -0.1) is 0 Å². The topological polar surface area (TPSA) is 77.2 Å². The van der Waals surface area contributed by atoms with Crippen molar-refractivity contribution >= 4 is 29.2 Å². The van der Waals surface area contributed by atoms with E-state index in [-0.39, 0.29) is 18.2 Å². The van der Waals surface area contributed by atoms with Gasteiger partial charge in [0.1, 0.15) is 5.75 Å². The third-order valence-corrected chi connectivity index (χ3v) is 4.09. The molecule has 2 aromatic heterocycles. The smallest absolute Gasteiger partial charge is 0.354 e. The van der Waals surface area contributed by atoms with Crippen LogP contribution in [0.25, 0.3) is 0 Å². The van der Waals surface area contributed by atoms with E-state index >= 15 is 0 Å². The first kappa shape index (κ1) is 17.3. The molecule has 0 aliphatic carbocycles. The minimum atomic E-state index is -1.11. The first-order valence-corrected chi connectivity index (χ1v) is 8.03. The van der Waals surface area contributed by atoms with Crippen molar-refractivity contribution in [3.63, 3.8) is 0 Å². The van der Waals surface area contributed by atoms with Gasteiger partial charge in [0.2, 0.25) is 0 Å². The maximum atomic E-state index is 11.7. The fourth-order valence-corrected chi connectivity index (χ4v) is 2.76. The molecule has 1 aromatic carbocycles. The summed E-state index contributed by atoms with van der Waals surface area (Å²) < 4.78 is 7.16. The summed E-state index contributed by atoms with van der Waals surface area (Å²) in [5.41, 5.74) is 1.02. The fraction of sp³-hybridized carbons (Fsp3) is 0.118.